The lowest BCUT2D eigenvalue weighted by Crippen LogP contribution is -2.16. The zero-order valence-corrected chi connectivity index (χ0v) is 4.13. The number of halogens is 1. The molecule has 0 aliphatic rings. The number of alkyl halides is 1. The van der Waals surface area contributed by atoms with Gasteiger partial charge in [-0.25, -0.2) is 9.69 Å². The van der Waals surface area contributed by atoms with Crippen molar-refractivity contribution in [1.29, 1.82) is 0 Å². The second kappa shape index (κ2) is 4.36. The van der Waals surface area contributed by atoms with Gasteiger partial charge in [0.25, 0.3) is 0 Å². The molecule has 0 aliphatic heterocycles. The van der Waals surface area contributed by atoms with Crippen molar-refractivity contribution >= 4 is 18.9 Å². The van der Waals surface area contributed by atoms with Crippen LogP contribution in [0.2, 0.25) is 0 Å². The van der Waals surface area contributed by atoms with Crippen LogP contribution in [0.4, 0.5) is 0 Å². The number of rotatable bonds is 3. The summed E-state index contributed by atoms with van der Waals surface area (Å²) in [5, 5.41) is 15.7. The second-order valence-corrected chi connectivity index (χ2v) is 0.868. The number of hydrogen-bond donors (Lipinski definition) is 2. The van der Waals surface area contributed by atoms with Gasteiger partial charge in [0.1, 0.15) is 0 Å². The van der Waals surface area contributed by atoms with E-state index in [9.17, 15) is 0 Å². The molecule has 7 heavy (non-hydrogen) atoms. The molecule has 0 saturated carbocycles. The van der Waals surface area contributed by atoms with Crippen molar-refractivity contribution in [2.75, 3.05) is 6.07 Å². The fraction of sp³-hybridized carbons (Fsp3) is 1.00. The predicted octanol–water partition coefficient (Wildman–Crippen LogP) is -0.900. The van der Waals surface area contributed by atoms with E-state index in [2.05, 4.69) is 9.69 Å². The SMILES string of the molecule is OB(O)OOCCl. The molecule has 0 aromatic heterocycles. The van der Waals surface area contributed by atoms with E-state index in [1.807, 2.05) is 0 Å². The monoisotopic (exact) mass is 126 g/mol. The van der Waals surface area contributed by atoms with Crippen LogP contribution in [0.3, 0.4) is 0 Å². The zero-order valence-electron chi connectivity index (χ0n) is 3.37. The van der Waals surface area contributed by atoms with Gasteiger partial charge in [-0.1, -0.05) is 11.6 Å². The first kappa shape index (κ1) is 7.19. The first-order chi connectivity index (χ1) is 3.27. The van der Waals surface area contributed by atoms with Gasteiger partial charge < -0.3 is 10.0 Å². The zero-order chi connectivity index (χ0) is 5.70. The van der Waals surface area contributed by atoms with E-state index in [0.717, 1.165) is 0 Å². The van der Waals surface area contributed by atoms with Gasteiger partial charge in [0, 0.05) is 0 Å². The summed E-state index contributed by atoms with van der Waals surface area (Å²) in [6, 6.07) is -0.225. The third-order valence-electron chi connectivity index (χ3n) is 0.199. The molecule has 2 N–H and O–H groups in total. The largest absolute Gasteiger partial charge is 0.662 e. The summed E-state index contributed by atoms with van der Waals surface area (Å²) in [4.78, 5) is 7.53. The minimum atomic E-state index is -1.90. The van der Waals surface area contributed by atoms with Gasteiger partial charge in [0.15, 0.2) is 6.07 Å². The van der Waals surface area contributed by atoms with E-state index in [1.165, 1.54) is 0 Å². The standard InChI is InChI=1S/CH4BClO4/c3-1-6-7-2(4)5/h4-5H,1H2. The summed E-state index contributed by atoms with van der Waals surface area (Å²) < 4.78 is 0. The third-order valence-corrected chi connectivity index (χ3v) is 0.288. The molecule has 0 fully saturated rings. The summed E-state index contributed by atoms with van der Waals surface area (Å²) in [6.07, 6.45) is 0. The quantitative estimate of drug-likeness (QED) is 0.223. The van der Waals surface area contributed by atoms with Crippen molar-refractivity contribution in [3.8, 4) is 0 Å². The van der Waals surface area contributed by atoms with Crippen LogP contribution < -0.4 is 0 Å². The summed E-state index contributed by atoms with van der Waals surface area (Å²) in [7, 11) is -1.90. The molecular weight excluding hydrogens is 122 g/mol. The van der Waals surface area contributed by atoms with E-state index in [0.29, 0.717) is 0 Å². The Morgan fingerprint density at radius 3 is 2.29 bits per heavy atom. The van der Waals surface area contributed by atoms with E-state index in [4.69, 9.17) is 21.6 Å². The lowest BCUT2D eigenvalue weighted by atomic mass is 10.3. The maximum Gasteiger partial charge on any atom is 0.662 e. The van der Waals surface area contributed by atoms with Crippen LogP contribution in [0.25, 0.3) is 0 Å². The molecule has 0 radical (unpaired) electrons. The number of hydrogen-bond acceptors (Lipinski definition) is 4. The molecule has 0 saturated heterocycles. The highest BCUT2D eigenvalue weighted by molar-refractivity contribution is 6.32. The van der Waals surface area contributed by atoms with Crippen molar-refractivity contribution in [2.24, 2.45) is 0 Å². The molecule has 0 amide bonds. The van der Waals surface area contributed by atoms with Crippen molar-refractivity contribution in [3.63, 3.8) is 0 Å². The highest BCUT2D eigenvalue weighted by atomic mass is 35.5. The van der Waals surface area contributed by atoms with Gasteiger partial charge in [0.05, 0.1) is 0 Å². The van der Waals surface area contributed by atoms with Gasteiger partial charge in [-0.15, -0.1) is 0 Å². The third kappa shape index (κ3) is 6.19. The van der Waals surface area contributed by atoms with Gasteiger partial charge >= 0.3 is 7.32 Å². The van der Waals surface area contributed by atoms with E-state index < -0.39 is 7.32 Å². The molecule has 0 rings (SSSR count). The van der Waals surface area contributed by atoms with Gasteiger partial charge in [-0.2, -0.15) is 0 Å². The van der Waals surface area contributed by atoms with E-state index in [-0.39, 0.29) is 6.07 Å². The van der Waals surface area contributed by atoms with Crippen LogP contribution >= 0.6 is 11.6 Å². The molecule has 0 unspecified atom stereocenters. The molecule has 0 atom stereocenters. The van der Waals surface area contributed by atoms with E-state index in [1.54, 1.807) is 0 Å². The Kier molecular flexibility index (Phi) is 4.48. The first-order valence-electron chi connectivity index (χ1n) is 1.47. The smallest absolute Gasteiger partial charge is 0.400 e. The Morgan fingerprint density at radius 1 is 1.57 bits per heavy atom. The van der Waals surface area contributed by atoms with E-state index >= 15 is 0 Å². The molecule has 0 bridgehead atoms. The first-order valence-corrected chi connectivity index (χ1v) is 2.01. The normalized spacial score (nSPS) is 9.00. The maximum absolute atomic E-state index is 7.83. The second-order valence-electron chi connectivity index (χ2n) is 0.649. The molecule has 6 heteroatoms. The van der Waals surface area contributed by atoms with Crippen LogP contribution in [0.1, 0.15) is 0 Å². The predicted molar refractivity (Wildman–Crippen MR) is 23.1 cm³/mol. The lowest BCUT2D eigenvalue weighted by Gasteiger charge is -1.94. The Labute approximate surface area is 45.7 Å². The van der Waals surface area contributed by atoms with Crippen molar-refractivity contribution < 1.29 is 19.7 Å². The van der Waals surface area contributed by atoms with Gasteiger partial charge in [-0.05, 0) is 0 Å². The molecule has 42 valence electrons. The van der Waals surface area contributed by atoms with Gasteiger partial charge in [0.2, 0.25) is 0 Å². The van der Waals surface area contributed by atoms with Crippen LogP contribution in [0.5, 0.6) is 0 Å². The highest BCUT2D eigenvalue weighted by Crippen LogP contribution is 1.80. The Hall–Kier alpha value is 0.195. The molecular formula is CH4BClO4. The molecule has 0 aliphatic carbocycles. The Balaban J connectivity index is 2.68. The molecule has 0 aromatic carbocycles. The summed E-state index contributed by atoms with van der Waals surface area (Å²) >= 11 is 4.88. The van der Waals surface area contributed by atoms with Crippen molar-refractivity contribution in [1.82, 2.24) is 0 Å². The average molecular weight is 126 g/mol. The van der Waals surface area contributed by atoms with Crippen LogP contribution in [-0.2, 0) is 9.69 Å². The Morgan fingerprint density at radius 2 is 2.14 bits per heavy atom. The summed E-state index contributed by atoms with van der Waals surface area (Å²) in [6.45, 7) is 0. The van der Waals surface area contributed by atoms with Crippen molar-refractivity contribution in [2.45, 2.75) is 0 Å². The topological polar surface area (TPSA) is 58.9 Å². The minimum Gasteiger partial charge on any atom is -0.400 e. The average Bonchev–Trinajstić information content (AvgIpc) is 1.61. The lowest BCUT2D eigenvalue weighted by molar-refractivity contribution is -0.217. The van der Waals surface area contributed by atoms with Crippen molar-refractivity contribution in [3.05, 3.63) is 0 Å². The molecule has 0 spiro atoms. The van der Waals surface area contributed by atoms with Gasteiger partial charge in [-0.3, -0.25) is 0 Å². The molecule has 4 nitrogen and oxygen atoms in total. The van der Waals surface area contributed by atoms with Crippen LogP contribution in [0.15, 0.2) is 0 Å². The summed E-state index contributed by atoms with van der Waals surface area (Å²) in [5.74, 6) is 0. The molecule has 0 heterocycles. The highest BCUT2D eigenvalue weighted by Gasteiger charge is 2.07. The van der Waals surface area contributed by atoms with Crippen LogP contribution in [0, 0.1) is 0 Å². The minimum absolute atomic E-state index is 0.225. The molecule has 0 aromatic rings. The summed E-state index contributed by atoms with van der Waals surface area (Å²) in [5.41, 5.74) is 0. The fourth-order valence-corrected chi connectivity index (χ4v) is 0.138. The van der Waals surface area contributed by atoms with Crippen LogP contribution in [-0.4, -0.2) is 23.4 Å². The fourth-order valence-electron chi connectivity index (χ4n) is 0.0866. The maximum atomic E-state index is 7.83. The Bertz CT molecular complexity index is 40.7.